The van der Waals surface area contributed by atoms with Crippen molar-refractivity contribution in [2.45, 2.75) is 25.5 Å². The molecule has 0 aliphatic carbocycles. The van der Waals surface area contributed by atoms with Gasteiger partial charge in [-0.05, 0) is 37.1 Å². The third-order valence-electron chi connectivity index (χ3n) is 4.16. The van der Waals surface area contributed by atoms with Gasteiger partial charge < -0.3 is 14.1 Å². The van der Waals surface area contributed by atoms with Crippen LogP contribution in [0.2, 0.25) is 0 Å². The summed E-state index contributed by atoms with van der Waals surface area (Å²) in [4.78, 5) is 14.2. The summed E-state index contributed by atoms with van der Waals surface area (Å²) in [6.45, 7) is 1.22. The molecule has 1 aliphatic rings. The standard InChI is InChI=1S/C18H22N2O5S/c1-26(22,23)19-14-9-11-20(12-10-14)18(21)17-8-7-16(25-17)13-24-15-5-3-2-4-6-15/h2-8,14,19H,9-13H2,1H3. The number of carbonyl (C=O) groups excluding carboxylic acids is 1. The van der Waals surface area contributed by atoms with E-state index in [0.717, 1.165) is 12.0 Å². The molecule has 0 spiro atoms. The Hall–Kier alpha value is -2.32. The van der Waals surface area contributed by atoms with Crippen LogP contribution in [0.25, 0.3) is 0 Å². The summed E-state index contributed by atoms with van der Waals surface area (Å²) in [5, 5.41) is 0. The maximum atomic E-state index is 12.5. The number of ether oxygens (including phenoxy) is 1. The number of nitrogens with one attached hydrogen (secondary N) is 1. The van der Waals surface area contributed by atoms with Crippen molar-refractivity contribution in [3.8, 4) is 5.75 Å². The van der Waals surface area contributed by atoms with E-state index < -0.39 is 10.0 Å². The molecule has 7 nitrogen and oxygen atoms in total. The van der Waals surface area contributed by atoms with Gasteiger partial charge in [0, 0.05) is 19.1 Å². The maximum Gasteiger partial charge on any atom is 0.289 e. The van der Waals surface area contributed by atoms with Crippen LogP contribution in [0.5, 0.6) is 5.75 Å². The molecule has 1 saturated heterocycles. The number of para-hydroxylation sites is 1. The molecule has 0 saturated carbocycles. The highest BCUT2D eigenvalue weighted by Gasteiger charge is 2.26. The molecular formula is C18H22N2O5S. The molecular weight excluding hydrogens is 356 g/mol. The third-order valence-corrected chi connectivity index (χ3v) is 4.92. The number of furan rings is 1. The predicted octanol–water partition coefficient (Wildman–Crippen LogP) is 2.01. The largest absolute Gasteiger partial charge is 0.486 e. The third kappa shape index (κ3) is 5.09. The first-order valence-electron chi connectivity index (χ1n) is 8.44. The number of likely N-dealkylation sites (tertiary alicyclic amines) is 1. The first-order chi connectivity index (χ1) is 12.4. The average Bonchev–Trinajstić information content (AvgIpc) is 3.08. The second kappa shape index (κ2) is 7.92. The number of benzene rings is 1. The molecule has 1 amide bonds. The Morgan fingerprint density at radius 3 is 2.54 bits per heavy atom. The Labute approximate surface area is 153 Å². The van der Waals surface area contributed by atoms with Gasteiger partial charge in [0.05, 0.1) is 6.26 Å². The maximum absolute atomic E-state index is 12.5. The summed E-state index contributed by atoms with van der Waals surface area (Å²) in [7, 11) is -3.23. The number of piperidine rings is 1. The highest BCUT2D eigenvalue weighted by atomic mass is 32.2. The van der Waals surface area contributed by atoms with Gasteiger partial charge in [-0.25, -0.2) is 13.1 Å². The van der Waals surface area contributed by atoms with Crippen molar-refractivity contribution in [3.05, 3.63) is 54.0 Å². The molecule has 3 rings (SSSR count). The Balaban J connectivity index is 1.52. The van der Waals surface area contributed by atoms with Gasteiger partial charge in [0.2, 0.25) is 10.0 Å². The minimum Gasteiger partial charge on any atom is -0.486 e. The van der Waals surface area contributed by atoms with E-state index in [0.29, 0.717) is 31.7 Å². The Kier molecular flexibility index (Phi) is 5.63. The fourth-order valence-electron chi connectivity index (χ4n) is 2.90. The van der Waals surface area contributed by atoms with E-state index in [4.69, 9.17) is 9.15 Å². The number of sulfonamides is 1. The normalized spacial score (nSPS) is 15.8. The number of hydrogen-bond donors (Lipinski definition) is 1. The van der Waals surface area contributed by atoms with E-state index in [1.54, 1.807) is 17.0 Å². The fraction of sp³-hybridized carbons (Fsp3) is 0.389. The van der Waals surface area contributed by atoms with Gasteiger partial charge in [-0.15, -0.1) is 0 Å². The predicted molar refractivity (Wildman–Crippen MR) is 96.4 cm³/mol. The first-order valence-corrected chi connectivity index (χ1v) is 10.3. The summed E-state index contributed by atoms with van der Waals surface area (Å²) < 4.78 is 36.4. The second-order valence-corrected chi connectivity index (χ2v) is 8.10. The SMILES string of the molecule is CS(=O)(=O)NC1CCN(C(=O)c2ccc(COc3ccccc3)o2)CC1. The van der Waals surface area contributed by atoms with E-state index in [1.807, 2.05) is 30.3 Å². The molecule has 140 valence electrons. The van der Waals surface area contributed by atoms with Crippen LogP contribution in [0.3, 0.4) is 0 Å². The van der Waals surface area contributed by atoms with Gasteiger partial charge in [0.1, 0.15) is 18.1 Å². The van der Waals surface area contributed by atoms with Gasteiger partial charge >= 0.3 is 0 Å². The van der Waals surface area contributed by atoms with Gasteiger partial charge in [-0.3, -0.25) is 4.79 Å². The smallest absolute Gasteiger partial charge is 0.289 e. The van der Waals surface area contributed by atoms with Gasteiger partial charge in [-0.1, -0.05) is 18.2 Å². The van der Waals surface area contributed by atoms with Crippen LogP contribution in [-0.4, -0.2) is 44.6 Å². The lowest BCUT2D eigenvalue weighted by Crippen LogP contribution is -2.46. The molecule has 1 aliphatic heterocycles. The molecule has 8 heteroatoms. The molecule has 0 bridgehead atoms. The summed E-state index contributed by atoms with van der Waals surface area (Å²) in [6, 6.07) is 12.6. The van der Waals surface area contributed by atoms with Crippen molar-refractivity contribution in [2.24, 2.45) is 0 Å². The zero-order chi connectivity index (χ0) is 18.6. The Bertz CT molecular complexity index is 839. The number of nitrogens with zero attached hydrogens (tertiary/aromatic N) is 1. The van der Waals surface area contributed by atoms with E-state index >= 15 is 0 Å². The molecule has 2 aromatic rings. The topological polar surface area (TPSA) is 88.9 Å². The highest BCUT2D eigenvalue weighted by molar-refractivity contribution is 7.88. The molecule has 0 unspecified atom stereocenters. The van der Waals surface area contributed by atoms with Gasteiger partial charge in [0.15, 0.2) is 5.76 Å². The second-order valence-electron chi connectivity index (χ2n) is 6.32. The van der Waals surface area contributed by atoms with E-state index in [1.165, 1.54) is 0 Å². The monoisotopic (exact) mass is 378 g/mol. The van der Waals surface area contributed by atoms with Crippen LogP contribution in [0.15, 0.2) is 46.9 Å². The van der Waals surface area contributed by atoms with Crippen LogP contribution in [0.1, 0.15) is 29.2 Å². The van der Waals surface area contributed by atoms with Crippen molar-refractivity contribution in [2.75, 3.05) is 19.3 Å². The molecule has 0 atom stereocenters. The first kappa shape index (κ1) is 18.5. The molecule has 1 fully saturated rings. The molecule has 1 N–H and O–H groups in total. The number of amides is 1. The zero-order valence-corrected chi connectivity index (χ0v) is 15.4. The fourth-order valence-corrected chi connectivity index (χ4v) is 3.74. The molecule has 26 heavy (non-hydrogen) atoms. The Morgan fingerprint density at radius 1 is 1.19 bits per heavy atom. The van der Waals surface area contributed by atoms with Crippen LogP contribution in [-0.2, 0) is 16.6 Å². The number of hydrogen-bond acceptors (Lipinski definition) is 5. The summed E-state index contributed by atoms with van der Waals surface area (Å²) in [5.41, 5.74) is 0. The van der Waals surface area contributed by atoms with Crippen LogP contribution < -0.4 is 9.46 Å². The highest BCUT2D eigenvalue weighted by Crippen LogP contribution is 2.18. The van der Waals surface area contributed by atoms with Crippen LogP contribution >= 0.6 is 0 Å². The van der Waals surface area contributed by atoms with E-state index in [2.05, 4.69) is 4.72 Å². The lowest BCUT2D eigenvalue weighted by Gasteiger charge is -2.31. The average molecular weight is 378 g/mol. The van der Waals surface area contributed by atoms with Gasteiger partial charge in [0.25, 0.3) is 5.91 Å². The van der Waals surface area contributed by atoms with Crippen molar-refractivity contribution >= 4 is 15.9 Å². The van der Waals surface area contributed by atoms with Gasteiger partial charge in [-0.2, -0.15) is 0 Å². The summed E-state index contributed by atoms with van der Waals surface area (Å²) in [6.07, 6.45) is 2.32. The van der Waals surface area contributed by atoms with E-state index in [9.17, 15) is 13.2 Å². The number of rotatable bonds is 6. The molecule has 1 aromatic heterocycles. The molecule has 1 aromatic carbocycles. The number of carbonyl (C=O) groups is 1. The quantitative estimate of drug-likeness (QED) is 0.831. The Morgan fingerprint density at radius 2 is 1.88 bits per heavy atom. The van der Waals surface area contributed by atoms with Crippen molar-refractivity contribution in [1.29, 1.82) is 0 Å². The van der Waals surface area contributed by atoms with Crippen LogP contribution in [0.4, 0.5) is 0 Å². The summed E-state index contributed by atoms with van der Waals surface area (Å²) in [5.74, 6) is 1.39. The summed E-state index contributed by atoms with van der Waals surface area (Å²) >= 11 is 0. The lowest BCUT2D eigenvalue weighted by atomic mass is 10.1. The van der Waals surface area contributed by atoms with Crippen molar-refractivity contribution in [3.63, 3.8) is 0 Å². The zero-order valence-electron chi connectivity index (χ0n) is 14.6. The van der Waals surface area contributed by atoms with Crippen molar-refractivity contribution in [1.82, 2.24) is 9.62 Å². The van der Waals surface area contributed by atoms with E-state index in [-0.39, 0.29) is 24.3 Å². The minimum absolute atomic E-state index is 0.125. The molecule has 2 heterocycles. The minimum atomic E-state index is -3.23. The lowest BCUT2D eigenvalue weighted by molar-refractivity contribution is 0.0675. The van der Waals surface area contributed by atoms with Crippen LogP contribution in [0, 0.1) is 0 Å². The molecule has 0 radical (unpaired) electrons. The van der Waals surface area contributed by atoms with Crippen molar-refractivity contribution < 1.29 is 22.4 Å².